The van der Waals surface area contributed by atoms with Crippen LogP contribution < -0.4 is 20.9 Å². The molecule has 1 aromatic heterocycles. The molecular weight excluding hydrogens is 513 g/mol. The van der Waals surface area contributed by atoms with Gasteiger partial charge in [-0.3, -0.25) is 19.1 Å². The fourth-order valence-corrected chi connectivity index (χ4v) is 5.96. The van der Waals surface area contributed by atoms with Gasteiger partial charge in [0.05, 0.1) is 25.4 Å². The van der Waals surface area contributed by atoms with Crippen molar-refractivity contribution in [3.63, 3.8) is 0 Å². The minimum absolute atomic E-state index is 0.236. The molecule has 36 heavy (non-hydrogen) atoms. The Morgan fingerprint density at radius 2 is 1.94 bits per heavy atom. The molecule has 2 aromatic rings. The van der Waals surface area contributed by atoms with E-state index in [2.05, 4.69) is 10.1 Å². The number of aromatic amines is 1. The Morgan fingerprint density at radius 1 is 1.25 bits per heavy atom. The summed E-state index contributed by atoms with van der Waals surface area (Å²) in [5.41, 5.74) is -1.38. The molecule has 1 aliphatic heterocycles. The lowest BCUT2D eigenvalue weighted by atomic mass is 9.99. The first-order valence-corrected chi connectivity index (χ1v) is 13.9. The fraction of sp³-hybridized carbons (Fsp3) is 0.500. The first-order valence-electron chi connectivity index (χ1n) is 11.3. The standard InChI is InChI=1S/C22H30N3O9PS/c1-13(2)32-21(29)14(3)24-35(36,34-15-7-5-4-6-8-15)31-12-17-16(11-26)19(28)20(33-17)25-10-9-18(27)23-22(25)30/h4-10,13-14,16-17,19-20,26,28H,11-12H2,1-3H3,(H,24,36)(H,23,27,30)/t14-,16-,17-,19-,20-,35?/m1/s1. The number of esters is 1. The number of para-hydroxylation sites is 1. The molecule has 1 fully saturated rings. The highest BCUT2D eigenvalue weighted by molar-refractivity contribution is 8.09. The summed E-state index contributed by atoms with van der Waals surface area (Å²) in [6.45, 7) is 0.907. The quantitative estimate of drug-likeness (QED) is 0.233. The number of nitrogens with one attached hydrogen (secondary N) is 2. The van der Waals surface area contributed by atoms with Crippen LogP contribution in [0.1, 0.15) is 27.0 Å². The minimum atomic E-state index is -3.39. The van der Waals surface area contributed by atoms with Crippen molar-refractivity contribution in [1.82, 2.24) is 14.6 Å². The van der Waals surface area contributed by atoms with Crippen LogP contribution in [0.5, 0.6) is 5.75 Å². The van der Waals surface area contributed by atoms with Gasteiger partial charge in [0.2, 0.25) is 0 Å². The topological polar surface area (TPSA) is 161 Å². The second-order valence-electron chi connectivity index (χ2n) is 8.45. The minimum Gasteiger partial charge on any atom is -0.462 e. The van der Waals surface area contributed by atoms with Crippen molar-refractivity contribution in [3.05, 3.63) is 63.4 Å². The van der Waals surface area contributed by atoms with Gasteiger partial charge >= 0.3 is 18.3 Å². The van der Waals surface area contributed by atoms with Crippen molar-refractivity contribution >= 4 is 24.4 Å². The molecule has 6 atom stereocenters. The zero-order valence-electron chi connectivity index (χ0n) is 20.0. The van der Waals surface area contributed by atoms with E-state index in [4.69, 9.17) is 30.3 Å². The van der Waals surface area contributed by atoms with E-state index in [0.29, 0.717) is 5.75 Å². The summed E-state index contributed by atoms with van der Waals surface area (Å²) in [4.78, 5) is 38.0. The van der Waals surface area contributed by atoms with Crippen LogP contribution >= 0.6 is 6.64 Å². The maximum atomic E-state index is 12.4. The van der Waals surface area contributed by atoms with E-state index in [1.54, 1.807) is 51.1 Å². The number of aromatic nitrogens is 2. The van der Waals surface area contributed by atoms with Gasteiger partial charge in [0.1, 0.15) is 17.9 Å². The number of benzene rings is 1. The number of nitrogens with zero attached hydrogens (tertiary/aromatic N) is 1. The first kappa shape index (κ1) is 28.2. The number of ether oxygens (including phenoxy) is 2. The van der Waals surface area contributed by atoms with Gasteiger partial charge in [-0.05, 0) is 44.7 Å². The number of hydrogen-bond donors (Lipinski definition) is 4. The molecule has 12 nitrogen and oxygen atoms in total. The van der Waals surface area contributed by atoms with Gasteiger partial charge < -0.3 is 28.7 Å². The zero-order chi connectivity index (χ0) is 26.5. The average molecular weight is 544 g/mol. The number of aliphatic hydroxyl groups excluding tert-OH is 2. The van der Waals surface area contributed by atoms with Crippen LogP contribution in [0.15, 0.2) is 52.2 Å². The Balaban J connectivity index is 1.79. The Hall–Kier alpha value is -2.38. The van der Waals surface area contributed by atoms with Crippen LogP contribution in [-0.4, -0.2) is 63.3 Å². The number of carbonyl (C=O) groups excluding carboxylic acids is 1. The second kappa shape index (κ2) is 12.2. The molecule has 0 bridgehead atoms. The van der Waals surface area contributed by atoms with E-state index >= 15 is 0 Å². The van der Waals surface area contributed by atoms with Crippen LogP contribution in [0, 0.1) is 5.92 Å². The van der Waals surface area contributed by atoms with E-state index in [9.17, 15) is 24.6 Å². The van der Waals surface area contributed by atoms with Gasteiger partial charge in [0, 0.05) is 18.2 Å². The lowest BCUT2D eigenvalue weighted by Gasteiger charge is -2.28. The van der Waals surface area contributed by atoms with Gasteiger partial charge in [-0.25, -0.2) is 9.88 Å². The van der Waals surface area contributed by atoms with Gasteiger partial charge in [-0.1, -0.05) is 18.2 Å². The monoisotopic (exact) mass is 543 g/mol. The fourth-order valence-electron chi connectivity index (χ4n) is 3.54. The lowest BCUT2D eigenvalue weighted by Crippen LogP contribution is -2.37. The Morgan fingerprint density at radius 3 is 2.56 bits per heavy atom. The Labute approximate surface area is 212 Å². The third-order valence-corrected chi connectivity index (χ3v) is 7.79. The second-order valence-corrected chi connectivity index (χ2v) is 11.6. The van der Waals surface area contributed by atoms with Crippen molar-refractivity contribution in [1.29, 1.82) is 0 Å². The molecule has 0 saturated carbocycles. The number of H-pyrrole nitrogens is 1. The number of hydrogen-bond acceptors (Lipinski definition) is 10. The van der Waals surface area contributed by atoms with Gasteiger partial charge in [-0.2, -0.15) is 0 Å². The van der Waals surface area contributed by atoms with Crippen molar-refractivity contribution in [2.24, 2.45) is 5.92 Å². The van der Waals surface area contributed by atoms with Crippen LogP contribution in [0.3, 0.4) is 0 Å². The van der Waals surface area contributed by atoms with Gasteiger partial charge in [0.15, 0.2) is 6.23 Å². The SMILES string of the molecule is CC(C)OC(=O)[C@@H](C)NP(=S)(OC[C@H]1O[C@@H](n2ccc(=O)[nH]c2=O)[C@H](O)[C@@H]1CO)Oc1ccccc1. The number of carbonyl (C=O) groups is 1. The lowest BCUT2D eigenvalue weighted by molar-refractivity contribution is -0.149. The summed E-state index contributed by atoms with van der Waals surface area (Å²) in [5, 5.41) is 23.5. The molecule has 14 heteroatoms. The molecule has 1 aromatic carbocycles. The highest BCUT2D eigenvalue weighted by Gasteiger charge is 2.45. The molecule has 198 valence electrons. The molecule has 0 amide bonds. The number of aliphatic hydroxyl groups is 2. The summed E-state index contributed by atoms with van der Waals surface area (Å²) in [7, 11) is 0. The average Bonchev–Trinajstić information content (AvgIpc) is 3.13. The first-order chi connectivity index (χ1) is 17.0. The van der Waals surface area contributed by atoms with Gasteiger partial charge in [-0.15, -0.1) is 0 Å². The molecule has 0 radical (unpaired) electrons. The molecular formula is C22H30N3O9PS. The van der Waals surface area contributed by atoms with Gasteiger partial charge in [0.25, 0.3) is 5.56 Å². The number of rotatable bonds is 11. The highest BCUT2D eigenvalue weighted by Crippen LogP contribution is 2.46. The highest BCUT2D eigenvalue weighted by atomic mass is 32.5. The zero-order valence-corrected chi connectivity index (χ0v) is 21.7. The molecule has 0 spiro atoms. The molecule has 2 heterocycles. The molecule has 1 aliphatic rings. The summed E-state index contributed by atoms with van der Waals surface area (Å²) >= 11 is 5.66. The molecule has 4 N–H and O–H groups in total. The summed E-state index contributed by atoms with van der Waals surface area (Å²) < 4.78 is 24.0. The normalized spacial score (nSPS) is 24.3. The van der Waals surface area contributed by atoms with E-state index < -0.39 is 60.9 Å². The molecule has 1 unspecified atom stereocenters. The largest absolute Gasteiger partial charge is 0.462 e. The maximum Gasteiger partial charge on any atom is 0.330 e. The predicted molar refractivity (Wildman–Crippen MR) is 133 cm³/mol. The van der Waals surface area contributed by atoms with Crippen LogP contribution in [0.25, 0.3) is 0 Å². The molecule has 3 rings (SSSR count). The van der Waals surface area contributed by atoms with Crippen LogP contribution in [0.4, 0.5) is 0 Å². The smallest absolute Gasteiger partial charge is 0.330 e. The Bertz CT molecular complexity index is 1190. The van der Waals surface area contributed by atoms with Crippen molar-refractivity contribution < 1.29 is 33.5 Å². The van der Waals surface area contributed by atoms with Crippen molar-refractivity contribution in [2.45, 2.75) is 51.4 Å². The van der Waals surface area contributed by atoms with E-state index in [1.165, 1.54) is 6.20 Å². The Kier molecular flexibility index (Phi) is 9.59. The third kappa shape index (κ3) is 7.10. The maximum absolute atomic E-state index is 12.4. The van der Waals surface area contributed by atoms with Crippen molar-refractivity contribution in [3.8, 4) is 5.75 Å². The molecule has 1 saturated heterocycles. The molecule has 0 aliphatic carbocycles. The van der Waals surface area contributed by atoms with Crippen LogP contribution in [-0.2, 0) is 30.6 Å². The van der Waals surface area contributed by atoms with Crippen molar-refractivity contribution in [2.75, 3.05) is 13.2 Å². The summed E-state index contributed by atoms with van der Waals surface area (Å²) in [5.74, 6) is -0.975. The third-order valence-electron chi connectivity index (χ3n) is 5.29. The van der Waals surface area contributed by atoms with E-state index in [-0.39, 0.29) is 12.7 Å². The summed E-state index contributed by atoms with van der Waals surface area (Å²) in [6, 6.07) is 8.89. The van der Waals surface area contributed by atoms with Crippen LogP contribution in [0.2, 0.25) is 0 Å². The van der Waals surface area contributed by atoms with E-state index in [1.807, 2.05) is 0 Å². The van der Waals surface area contributed by atoms with E-state index in [0.717, 1.165) is 10.6 Å². The summed E-state index contributed by atoms with van der Waals surface area (Å²) in [6.07, 6.45) is -2.49. The predicted octanol–water partition coefficient (Wildman–Crippen LogP) is 0.653.